The van der Waals surface area contributed by atoms with E-state index >= 15 is 0 Å². The fourth-order valence-corrected chi connectivity index (χ4v) is 3.28. The molecule has 2 aromatic rings. The molecule has 1 aliphatic heterocycles. The first-order valence-electron chi connectivity index (χ1n) is 9.91. The summed E-state index contributed by atoms with van der Waals surface area (Å²) >= 11 is 0. The van der Waals surface area contributed by atoms with Gasteiger partial charge in [-0.15, -0.1) is 0 Å². The summed E-state index contributed by atoms with van der Waals surface area (Å²) in [7, 11) is 0. The zero-order chi connectivity index (χ0) is 20.8. The topological polar surface area (TPSA) is 73.9 Å². The zero-order valence-corrected chi connectivity index (χ0v) is 17.0. The first-order valence-corrected chi connectivity index (χ1v) is 9.91. The molecular formula is C23H27NO5. The Morgan fingerprint density at radius 1 is 1.07 bits per heavy atom. The van der Waals surface area contributed by atoms with Gasteiger partial charge in [-0.2, -0.15) is 0 Å². The highest BCUT2D eigenvalue weighted by molar-refractivity contribution is 5.85. The van der Waals surface area contributed by atoms with Crippen molar-refractivity contribution in [1.29, 1.82) is 0 Å². The van der Waals surface area contributed by atoms with Crippen LogP contribution in [0.25, 0.3) is 0 Å². The van der Waals surface area contributed by atoms with Crippen LogP contribution in [0.15, 0.2) is 48.5 Å². The van der Waals surface area contributed by atoms with Crippen LogP contribution in [0.3, 0.4) is 0 Å². The highest BCUT2D eigenvalue weighted by Gasteiger charge is 2.30. The number of hydrogen-bond acceptors (Lipinski definition) is 5. The van der Waals surface area contributed by atoms with E-state index in [1.54, 1.807) is 6.92 Å². The van der Waals surface area contributed by atoms with Crippen molar-refractivity contribution in [2.45, 2.75) is 45.8 Å². The lowest BCUT2D eigenvalue weighted by Gasteiger charge is -2.24. The molecule has 0 radical (unpaired) electrons. The number of rotatable bonds is 8. The summed E-state index contributed by atoms with van der Waals surface area (Å²) in [5.41, 5.74) is 1.78. The molecule has 0 spiro atoms. The molecule has 0 unspecified atom stereocenters. The van der Waals surface area contributed by atoms with Gasteiger partial charge in [0.05, 0.1) is 5.92 Å². The maximum Gasteiger partial charge on any atom is 0.314 e. The molecule has 6 heteroatoms. The lowest BCUT2D eigenvalue weighted by molar-refractivity contribution is -0.157. The van der Waals surface area contributed by atoms with Crippen molar-refractivity contribution in [2.75, 3.05) is 6.79 Å². The van der Waals surface area contributed by atoms with E-state index in [0.717, 1.165) is 17.5 Å². The minimum absolute atomic E-state index is 0.105. The predicted octanol–water partition coefficient (Wildman–Crippen LogP) is 3.79. The Kier molecular flexibility index (Phi) is 6.75. The Bertz CT molecular complexity index is 852. The fourth-order valence-electron chi connectivity index (χ4n) is 3.28. The Balaban J connectivity index is 1.58. The van der Waals surface area contributed by atoms with E-state index in [1.165, 1.54) is 0 Å². The number of amides is 1. The van der Waals surface area contributed by atoms with Gasteiger partial charge in [0.25, 0.3) is 5.91 Å². The van der Waals surface area contributed by atoms with Crippen LogP contribution in [0.2, 0.25) is 0 Å². The summed E-state index contributed by atoms with van der Waals surface area (Å²) in [6.07, 6.45) is -0.0499. The second kappa shape index (κ2) is 9.45. The number of hydrogen-bond donors (Lipinski definition) is 1. The fraction of sp³-hybridized carbons (Fsp3) is 0.391. The number of benzene rings is 2. The third-order valence-electron chi connectivity index (χ3n) is 5.19. The van der Waals surface area contributed by atoms with E-state index in [1.807, 2.05) is 62.4 Å². The molecular weight excluding hydrogens is 370 g/mol. The molecule has 0 aromatic heterocycles. The van der Waals surface area contributed by atoms with Gasteiger partial charge in [0.2, 0.25) is 6.79 Å². The second-order valence-corrected chi connectivity index (χ2v) is 7.26. The molecule has 0 saturated carbocycles. The second-order valence-electron chi connectivity index (χ2n) is 7.26. The number of ether oxygens (including phenoxy) is 3. The standard InChI is InChI=1S/C23H27NO5/c1-4-15(2)21(18-8-6-5-7-9-18)23(26)29-16(3)22(25)24-13-17-10-11-19-20(12-17)28-14-27-19/h5-12,15-16,21H,4,13-14H2,1-3H3,(H,24,25)/t15-,16-,21+/m0/s1. The maximum absolute atomic E-state index is 12.8. The van der Waals surface area contributed by atoms with Crippen molar-refractivity contribution in [2.24, 2.45) is 5.92 Å². The molecule has 1 amide bonds. The minimum atomic E-state index is -0.883. The average Bonchev–Trinajstić information content (AvgIpc) is 3.20. The van der Waals surface area contributed by atoms with E-state index < -0.39 is 12.0 Å². The van der Waals surface area contributed by atoms with Crippen molar-refractivity contribution in [3.8, 4) is 11.5 Å². The molecule has 1 aliphatic rings. The van der Waals surface area contributed by atoms with Gasteiger partial charge in [0.15, 0.2) is 17.6 Å². The Morgan fingerprint density at radius 2 is 1.79 bits per heavy atom. The normalized spacial score (nSPS) is 15.3. The molecule has 3 atom stereocenters. The van der Waals surface area contributed by atoms with Crippen LogP contribution in [-0.2, 0) is 20.9 Å². The monoisotopic (exact) mass is 397 g/mol. The number of fused-ring (bicyclic) bond motifs is 1. The summed E-state index contributed by atoms with van der Waals surface area (Å²) in [5, 5.41) is 2.80. The quantitative estimate of drug-likeness (QED) is 0.686. The first kappa shape index (κ1) is 20.7. The van der Waals surface area contributed by atoms with Crippen LogP contribution in [0.1, 0.15) is 44.2 Å². The highest BCUT2D eigenvalue weighted by atomic mass is 16.7. The van der Waals surface area contributed by atoms with Crippen LogP contribution in [-0.4, -0.2) is 24.8 Å². The number of carbonyl (C=O) groups is 2. The van der Waals surface area contributed by atoms with Gasteiger partial charge in [0, 0.05) is 6.54 Å². The molecule has 6 nitrogen and oxygen atoms in total. The van der Waals surface area contributed by atoms with Gasteiger partial charge in [-0.3, -0.25) is 9.59 Å². The van der Waals surface area contributed by atoms with E-state index in [0.29, 0.717) is 18.0 Å². The first-order chi connectivity index (χ1) is 14.0. The van der Waals surface area contributed by atoms with E-state index in [9.17, 15) is 9.59 Å². The third-order valence-corrected chi connectivity index (χ3v) is 5.19. The van der Waals surface area contributed by atoms with Gasteiger partial charge in [-0.1, -0.05) is 56.7 Å². The van der Waals surface area contributed by atoms with Gasteiger partial charge < -0.3 is 19.5 Å². The molecule has 0 fully saturated rings. The minimum Gasteiger partial charge on any atom is -0.454 e. The smallest absolute Gasteiger partial charge is 0.314 e. The molecule has 0 saturated heterocycles. The molecule has 1 heterocycles. The Hall–Kier alpha value is -3.02. The molecule has 1 N–H and O–H groups in total. The molecule has 2 aromatic carbocycles. The van der Waals surface area contributed by atoms with Crippen molar-refractivity contribution in [3.05, 3.63) is 59.7 Å². The third kappa shape index (κ3) is 5.08. The lowest BCUT2D eigenvalue weighted by atomic mass is 9.85. The average molecular weight is 397 g/mol. The lowest BCUT2D eigenvalue weighted by Crippen LogP contribution is -2.37. The number of nitrogens with one attached hydrogen (secondary N) is 1. The SMILES string of the molecule is CC[C@H](C)[C@@H](C(=O)O[C@@H](C)C(=O)NCc1ccc2c(c1)OCO2)c1ccccc1. The van der Waals surface area contributed by atoms with Gasteiger partial charge in [0.1, 0.15) is 0 Å². The van der Waals surface area contributed by atoms with Crippen LogP contribution >= 0.6 is 0 Å². The summed E-state index contributed by atoms with van der Waals surface area (Å²) < 4.78 is 16.1. The molecule has 0 bridgehead atoms. The molecule has 154 valence electrons. The summed E-state index contributed by atoms with van der Waals surface area (Å²) in [6, 6.07) is 15.1. The number of carbonyl (C=O) groups excluding carboxylic acids is 2. The van der Waals surface area contributed by atoms with Crippen molar-refractivity contribution < 1.29 is 23.8 Å². The van der Waals surface area contributed by atoms with Crippen molar-refractivity contribution >= 4 is 11.9 Å². The Morgan fingerprint density at radius 3 is 2.52 bits per heavy atom. The van der Waals surface area contributed by atoms with Crippen molar-refractivity contribution in [1.82, 2.24) is 5.32 Å². The predicted molar refractivity (Wildman–Crippen MR) is 109 cm³/mol. The van der Waals surface area contributed by atoms with Crippen molar-refractivity contribution in [3.63, 3.8) is 0 Å². The summed E-state index contributed by atoms with van der Waals surface area (Å²) in [4.78, 5) is 25.3. The van der Waals surface area contributed by atoms with Crippen LogP contribution < -0.4 is 14.8 Å². The Labute approximate surface area is 171 Å². The van der Waals surface area contributed by atoms with Crippen LogP contribution in [0.5, 0.6) is 11.5 Å². The zero-order valence-electron chi connectivity index (χ0n) is 17.0. The maximum atomic E-state index is 12.8. The van der Waals surface area contributed by atoms with E-state index in [2.05, 4.69) is 5.32 Å². The van der Waals surface area contributed by atoms with Gasteiger partial charge in [-0.05, 0) is 36.1 Å². The van der Waals surface area contributed by atoms with Gasteiger partial charge >= 0.3 is 5.97 Å². The molecule has 0 aliphatic carbocycles. The van der Waals surface area contributed by atoms with Gasteiger partial charge in [-0.25, -0.2) is 0 Å². The van der Waals surface area contributed by atoms with E-state index in [-0.39, 0.29) is 24.6 Å². The summed E-state index contributed by atoms with van der Waals surface area (Å²) in [5.74, 6) is 0.345. The van der Waals surface area contributed by atoms with Crippen LogP contribution in [0.4, 0.5) is 0 Å². The largest absolute Gasteiger partial charge is 0.454 e. The van der Waals surface area contributed by atoms with Crippen LogP contribution in [0, 0.1) is 5.92 Å². The summed E-state index contributed by atoms with van der Waals surface area (Å²) in [6.45, 7) is 6.16. The number of esters is 1. The van der Waals surface area contributed by atoms with E-state index in [4.69, 9.17) is 14.2 Å². The molecule has 3 rings (SSSR count). The molecule has 29 heavy (non-hydrogen) atoms. The highest BCUT2D eigenvalue weighted by Crippen LogP contribution is 2.32.